The number of rotatable bonds is 2. The van der Waals surface area contributed by atoms with Crippen LogP contribution in [-0.2, 0) is 4.74 Å². The smallest absolute Gasteiger partial charge is 0.355 e. The molecule has 0 bridgehead atoms. The molecule has 84 valence electrons. The lowest BCUT2D eigenvalue weighted by atomic mass is 10.2. The van der Waals surface area contributed by atoms with E-state index < -0.39 is 0 Å². The van der Waals surface area contributed by atoms with Crippen molar-refractivity contribution in [1.82, 2.24) is 4.98 Å². The number of ether oxygens (including phenoxy) is 1. The van der Waals surface area contributed by atoms with Crippen LogP contribution in [-0.4, -0.2) is 17.1 Å². The van der Waals surface area contributed by atoms with E-state index in [9.17, 15) is 4.79 Å². The summed E-state index contributed by atoms with van der Waals surface area (Å²) in [6, 6.07) is 7.60. The van der Waals surface area contributed by atoms with Gasteiger partial charge in [0.05, 0.1) is 6.10 Å². The van der Waals surface area contributed by atoms with Crippen molar-refractivity contribution in [2.45, 2.75) is 20.0 Å². The Hall–Kier alpha value is -1.29. The molecule has 0 aliphatic heterocycles. The molecule has 0 amide bonds. The third kappa shape index (κ3) is 2.27. The highest BCUT2D eigenvalue weighted by atomic mass is 79.9. The van der Waals surface area contributed by atoms with Crippen molar-refractivity contribution in [3.8, 4) is 0 Å². The van der Waals surface area contributed by atoms with E-state index >= 15 is 0 Å². The number of fused-ring (bicyclic) bond motifs is 1. The minimum absolute atomic E-state index is 0.106. The Morgan fingerprint density at radius 1 is 1.38 bits per heavy atom. The third-order valence-electron chi connectivity index (χ3n) is 2.15. The van der Waals surface area contributed by atoms with Gasteiger partial charge in [0.2, 0.25) is 0 Å². The fourth-order valence-electron chi connectivity index (χ4n) is 1.49. The molecule has 0 saturated carbocycles. The zero-order valence-corrected chi connectivity index (χ0v) is 10.7. The Kier molecular flexibility index (Phi) is 3.01. The summed E-state index contributed by atoms with van der Waals surface area (Å²) in [5, 5.41) is 0.991. The van der Waals surface area contributed by atoms with Gasteiger partial charge in [-0.2, -0.15) is 0 Å². The molecule has 0 fully saturated rings. The van der Waals surface area contributed by atoms with Crippen LogP contribution in [0.4, 0.5) is 0 Å². The molecule has 1 aromatic heterocycles. The van der Waals surface area contributed by atoms with E-state index in [1.54, 1.807) is 6.07 Å². The quantitative estimate of drug-likeness (QED) is 0.857. The molecule has 16 heavy (non-hydrogen) atoms. The Morgan fingerprint density at radius 2 is 2.12 bits per heavy atom. The van der Waals surface area contributed by atoms with E-state index in [-0.39, 0.29) is 12.1 Å². The molecule has 0 spiro atoms. The number of H-pyrrole nitrogens is 1. The number of nitrogens with one attached hydrogen (secondary N) is 1. The number of esters is 1. The predicted molar refractivity (Wildman–Crippen MR) is 66.6 cm³/mol. The zero-order valence-electron chi connectivity index (χ0n) is 9.08. The van der Waals surface area contributed by atoms with Crippen molar-refractivity contribution in [2.24, 2.45) is 0 Å². The zero-order chi connectivity index (χ0) is 11.7. The van der Waals surface area contributed by atoms with Crippen molar-refractivity contribution in [1.29, 1.82) is 0 Å². The first kappa shape index (κ1) is 11.2. The van der Waals surface area contributed by atoms with Gasteiger partial charge in [-0.1, -0.05) is 15.9 Å². The molecule has 0 atom stereocenters. The van der Waals surface area contributed by atoms with E-state index in [2.05, 4.69) is 20.9 Å². The molecule has 3 nitrogen and oxygen atoms in total. The van der Waals surface area contributed by atoms with Crippen LogP contribution >= 0.6 is 15.9 Å². The highest BCUT2D eigenvalue weighted by Gasteiger charge is 2.12. The van der Waals surface area contributed by atoms with E-state index in [4.69, 9.17) is 4.74 Å². The molecule has 2 rings (SSSR count). The number of benzene rings is 1. The summed E-state index contributed by atoms with van der Waals surface area (Å²) in [5.74, 6) is -0.317. The second kappa shape index (κ2) is 4.29. The van der Waals surface area contributed by atoms with Crippen LogP contribution in [0.3, 0.4) is 0 Å². The second-order valence-corrected chi connectivity index (χ2v) is 4.78. The predicted octanol–water partition coefficient (Wildman–Crippen LogP) is 3.50. The van der Waals surface area contributed by atoms with E-state index in [1.165, 1.54) is 0 Å². The Balaban J connectivity index is 2.36. The first-order valence-electron chi connectivity index (χ1n) is 5.05. The Morgan fingerprint density at radius 3 is 2.81 bits per heavy atom. The highest BCUT2D eigenvalue weighted by Crippen LogP contribution is 2.20. The van der Waals surface area contributed by atoms with E-state index in [0.29, 0.717) is 5.69 Å². The van der Waals surface area contributed by atoms with Crippen LogP contribution in [0.25, 0.3) is 10.9 Å². The van der Waals surface area contributed by atoms with Crippen LogP contribution in [0.1, 0.15) is 24.3 Å². The van der Waals surface area contributed by atoms with Crippen LogP contribution in [0.15, 0.2) is 28.7 Å². The van der Waals surface area contributed by atoms with Gasteiger partial charge in [-0.05, 0) is 38.1 Å². The summed E-state index contributed by atoms with van der Waals surface area (Å²) >= 11 is 3.39. The molecular formula is C12H12BrNO2. The fourth-order valence-corrected chi connectivity index (χ4v) is 1.87. The number of hydrogen-bond donors (Lipinski definition) is 1. The summed E-state index contributed by atoms with van der Waals surface area (Å²) in [4.78, 5) is 14.7. The van der Waals surface area contributed by atoms with Crippen LogP contribution in [0.2, 0.25) is 0 Å². The molecular weight excluding hydrogens is 270 g/mol. The van der Waals surface area contributed by atoms with Gasteiger partial charge in [0.1, 0.15) is 5.69 Å². The monoisotopic (exact) mass is 281 g/mol. The molecule has 1 aromatic carbocycles. The maximum Gasteiger partial charge on any atom is 0.355 e. The number of halogens is 1. The molecule has 0 aliphatic rings. The Labute approximate surface area is 102 Å². The lowest BCUT2D eigenvalue weighted by Gasteiger charge is -2.05. The number of carbonyl (C=O) groups is 1. The normalized spacial score (nSPS) is 11.0. The molecule has 1 N–H and O–H groups in total. The lowest BCUT2D eigenvalue weighted by molar-refractivity contribution is 0.0372. The maximum atomic E-state index is 11.6. The summed E-state index contributed by atoms with van der Waals surface area (Å²) in [6.45, 7) is 3.66. The second-order valence-electron chi connectivity index (χ2n) is 3.87. The van der Waals surface area contributed by atoms with Crippen LogP contribution in [0, 0.1) is 0 Å². The molecule has 0 unspecified atom stereocenters. The number of carbonyl (C=O) groups excluding carboxylic acids is 1. The van der Waals surface area contributed by atoms with Gasteiger partial charge in [0.25, 0.3) is 0 Å². The maximum absolute atomic E-state index is 11.6. The molecule has 4 heteroatoms. The third-order valence-corrected chi connectivity index (χ3v) is 2.64. The van der Waals surface area contributed by atoms with Crippen molar-refractivity contribution >= 4 is 32.8 Å². The number of aromatic nitrogens is 1. The standard InChI is InChI=1S/C12H12BrNO2/c1-7(2)16-12(15)11-6-8-5-9(13)3-4-10(8)14-11/h3-7,14H,1-2H3. The van der Waals surface area contributed by atoms with E-state index in [1.807, 2.05) is 32.0 Å². The van der Waals surface area contributed by atoms with E-state index in [0.717, 1.165) is 15.4 Å². The molecule has 2 aromatic rings. The minimum atomic E-state index is -0.317. The minimum Gasteiger partial charge on any atom is -0.458 e. The SMILES string of the molecule is CC(C)OC(=O)c1cc2cc(Br)ccc2[nH]1. The highest BCUT2D eigenvalue weighted by molar-refractivity contribution is 9.10. The van der Waals surface area contributed by atoms with Crippen molar-refractivity contribution < 1.29 is 9.53 Å². The largest absolute Gasteiger partial charge is 0.458 e. The van der Waals surface area contributed by atoms with Crippen molar-refractivity contribution in [2.75, 3.05) is 0 Å². The summed E-state index contributed by atoms with van der Waals surface area (Å²) in [5.41, 5.74) is 1.42. The number of aromatic amines is 1. The van der Waals surface area contributed by atoms with Gasteiger partial charge in [-0.25, -0.2) is 4.79 Å². The summed E-state index contributed by atoms with van der Waals surface area (Å²) in [7, 11) is 0. The summed E-state index contributed by atoms with van der Waals surface area (Å²) < 4.78 is 6.10. The molecule has 0 saturated heterocycles. The topological polar surface area (TPSA) is 42.1 Å². The lowest BCUT2D eigenvalue weighted by Crippen LogP contribution is -2.11. The van der Waals surface area contributed by atoms with Gasteiger partial charge in [0, 0.05) is 15.4 Å². The fraction of sp³-hybridized carbons (Fsp3) is 0.250. The Bertz CT molecular complexity index is 531. The number of hydrogen-bond acceptors (Lipinski definition) is 2. The van der Waals surface area contributed by atoms with Gasteiger partial charge in [-0.15, -0.1) is 0 Å². The molecule has 0 aliphatic carbocycles. The first-order valence-corrected chi connectivity index (χ1v) is 5.85. The molecule has 0 radical (unpaired) electrons. The average molecular weight is 282 g/mol. The van der Waals surface area contributed by atoms with Crippen molar-refractivity contribution in [3.63, 3.8) is 0 Å². The van der Waals surface area contributed by atoms with Crippen LogP contribution < -0.4 is 0 Å². The average Bonchev–Trinajstić information content (AvgIpc) is 2.59. The summed E-state index contributed by atoms with van der Waals surface area (Å²) in [6.07, 6.45) is -0.106. The molecule has 1 heterocycles. The van der Waals surface area contributed by atoms with Gasteiger partial charge >= 0.3 is 5.97 Å². The van der Waals surface area contributed by atoms with Gasteiger partial charge < -0.3 is 9.72 Å². The van der Waals surface area contributed by atoms with Crippen molar-refractivity contribution in [3.05, 3.63) is 34.4 Å². The van der Waals surface area contributed by atoms with Gasteiger partial charge in [-0.3, -0.25) is 0 Å². The van der Waals surface area contributed by atoms with Crippen LogP contribution in [0.5, 0.6) is 0 Å². The van der Waals surface area contributed by atoms with Gasteiger partial charge in [0.15, 0.2) is 0 Å². The first-order chi connectivity index (χ1) is 7.56.